The first-order valence-electron chi connectivity index (χ1n) is 29.0. The number of H-pyrrole nitrogens is 1. The van der Waals surface area contributed by atoms with E-state index in [0.717, 1.165) is 68.1 Å². The van der Waals surface area contributed by atoms with Crippen molar-refractivity contribution in [2.75, 3.05) is 47.7 Å². The van der Waals surface area contributed by atoms with E-state index in [1.165, 1.54) is 68.9 Å². The molecule has 4 aromatic rings. The SMILES string of the molecule is COC(=O)CCCCCCCCCCCCCCC(=O)NCCCCCCO[C@H]1C(OP(OCCC#N)N(C(C)C)C(C)C)[C@@H](COC(c2ccccc2)(c2ccc(OC)cc2)c2ccc(OC)cc2)O[C@H]1n1ccc(=O)[nH]c1=O. The van der Waals surface area contributed by atoms with Gasteiger partial charge in [-0.25, -0.2) is 9.46 Å². The van der Waals surface area contributed by atoms with Gasteiger partial charge < -0.3 is 42.8 Å². The van der Waals surface area contributed by atoms with Crippen LogP contribution < -0.4 is 26.0 Å². The third-order valence-electron chi connectivity index (χ3n) is 14.4. The topological polar surface area (TPSA) is 202 Å². The number of nitriles is 1. The number of hydrogen-bond donors (Lipinski definition) is 2. The van der Waals surface area contributed by atoms with Crippen molar-refractivity contribution in [3.63, 3.8) is 0 Å². The Morgan fingerprint density at radius 3 is 1.77 bits per heavy atom. The van der Waals surface area contributed by atoms with Crippen molar-refractivity contribution < 1.29 is 47.1 Å². The predicted octanol–water partition coefficient (Wildman–Crippen LogP) is 11.8. The fourth-order valence-corrected chi connectivity index (χ4v) is 12.0. The minimum atomic E-state index is -1.86. The molecule has 0 aliphatic carbocycles. The molecule has 3 aromatic carbocycles. The molecule has 5 atom stereocenters. The lowest BCUT2D eigenvalue weighted by Gasteiger charge is -2.39. The fourth-order valence-electron chi connectivity index (χ4n) is 10.2. The molecule has 80 heavy (non-hydrogen) atoms. The van der Waals surface area contributed by atoms with E-state index >= 15 is 0 Å². The summed E-state index contributed by atoms with van der Waals surface area (Å²) in [5.41, 5.74) is -0.0114. The third-order valence-corrected chi connectivity index (χ3v) is 16.5. The summed E-state index contributed by atoms with van der Waals surface area (Å²) in [7, 11) is 2.82. The Bertz CT molecular complexity index is 2480. The summed E-state index contributed by atoms with van der Waals surface area (Å²) in [6.45, 7) is 9.19. The van der Waals surface area contributed by atoms with Crippen LogP contribution in [0.4, 0.5) is 0 Å². The predicted molar refractivity (Wildman–Crippen MR) is 311 cm³/mol. The van der Waals surface area contributed by atoms with Crippen LogP contribution in [0.15, 0.2) is 101 Å². The molecule has 1 saturated heterocycles. The van der Waals surface area contributed by atoms with Gasteiger partial charge in [-0.2, -0.15) is 5.26 Å². The van der Waals surface area contributed by atoms with Gasteiger partial charge in [0.05, 0.1) is 47.0 Å². The second kappa shape index (κ2) is 36.1. The second-order valence-corrected chi connectivity index (χ2v) is 22.3. The van der Waals surface area contributed by atoms with Crippen molar-refractivity contribution in [3.8, 4) is 17.6 Å². The van der Waals surface area contributed by atoms with E-state index < -0.39 is 49.9 Å². The van der Waals surface area contributed by atoms with Gasteiger partial charge >= 0.3 is 11.7 Å². The van der Waals surface area contributed by atoms with Crippen LogP contribution in [-0.4, -0.2) is 104 Å². The number of benzene rings is 3. The van der Waals surface area contributed by atoms with E-state index in [2.05, 4.69) is 48.7 Å². The summed E-state index contributed by atoms with van der Waals surface area (Å²) in [6.07, 6.45) is 15.7. The van der Waals surface area contributed by atoms with Gasteiger partial charge in [0.15, 0.2) is 6.23 Å². The van der Waals surface area contributed by atoms with E-state index in [0.29, 0.717) is 43.9 Å². The van der Waals surface area contributed by atoms with Crippen LogP contribution in [-0.2, 0) is 43.2 Å². The Kier molecular flexibility index (Phi) is 29.5. The molecule has 2 heterocycles. The van der Waals surface area contributed by atoms with E-state index in [1.54, 1.807) is 14.2 Å². The molecule has 1 amide bonds. The van der Waals surface area contributed by atoms with Gasteiger partial charge in [0.1, 0.15) is 35.4 Å². The maximum Gasteiger partial charge on any atom is 0.330 e. The van der Waals surface area contributed by atoms with Crippen LogP contribution in [0.1, 0.15) is 173 Å². The molecule has 1 aliphatic heterocycles. The highest BCUT2D eigenvalue weighted by atomic mass is 31.2. The molecule has 1 aliphatic rings. The van der Waals surface area contributed by atoms with Crippen molar-refractivity contribution in [1.82, 2.24) is 19.5 Å². The summed E-state index contributed by atoms with van der Waals surface area (Å²) in [4.78, 5) is 52.5. The lowest BCUT2D eigenvalue weighted by atomic mass is 9.80. The van der Waals surface area contributed by atoms with Crippen LogP contribution in [0.3, 0.4) is 0 Å². The summed E-state index contributed by atoms with van der Waals surface area (Å²) >= 11 is 0. The Balaban J connectivity index is 1.28. The number of amides is 1. The minimum Gasteiger partial charge on any atom is -0.497 e. The van der Waals surface area contributed by atoms with Crippen molar-refractivity contribution in [3.05, 3.63) is 129 Å². The lowest BCUT2D eigenvalue weighted by molar-refractivity contribution is -0.140. The van der Waals surface area contributed by atoms with Crippen LogP contribution in [0.2, 0.25) is 0 Å². The van der Waals surface area contributed by atoms with Gasteiger partial charge in [-0.05, 0) is 94.3 Å². The fraction of sp³-hybridized carbons (Fsp3) is 0.597. The van der Waals surface area contributed by atoms with Crippen molar-refractivity contribution in [1.29, 1.82) is 5.26 Å². The average molecular weight is 1130 g/mol. The zero-order valence-electron chi connectivity index (χ0n) is 48.6. The van der Waals surface area contributed by atoms with E-state index in [4.69, 9.17) is 37.5 Å². The number of unbranched alkanes of at least 4 members (excludes halogenated alkanes) is 14. The summed E-state index contributed by atoms with van der Waals surface area (Å²) in [6, 6.07) is 28.8. The molecule has 0 bridgehead atoms. The molecular formula is C62H90N5O12P. The molecule has 0 saturated carbocycles. The summed E-state index contributed by atoms with van der Waals surface area (Å²) < 4.78 is 54.3. The molecule has 18 heteroatoms. The number of carbonyl (C=O) groups excluding carboxylic acids is 2. The Morgan fingerprint density at radius 1 is 0.700 bits per heavy atom. The largest absolute Gasteiger partial charge is 0.497 e. The normalized spacial score (nSPS) is 16.7. The molecule has 0 radical (unpaired) electrons. The first kappa shape index (κ1) is 65.4. The zero-order chi connectivity index (χ0) is 57.5. The molecule has 1 fully saturated rings. The van der Waals surface area contributed by atoms with Crippen LogP contribution in [0.25, 0.3) is 0 Å². The number of hydrogen-bond acceptors (Lipinski definition) is 14. The van der Waals surface area contributed by atoms with Gasteiger partial charge in [-0.1, -0.05) is 132 Å². The number of nitrogens with one attached hydrogen (secondary N) is 2. The van der Waals surface area contributed by atoms with E-state index in [1.807, 2.05) is 78.9 Å². The highest BCUT2D eigenvalue weighted by Gasteiger charge is 2.51. The Hall–Kier alpha value is -5.44. The molecule has 17 nitrogen and oxygen atoms in total. The van der Waals surface area contributed by atoms with Crippen LogP contribution in [0.5, 0.6) is 11.5 Å². The highest BCUT2D eigenvalue weighted by molar-refractivity contribution is 7.44. The monoisotopic (exact) mass is 1130 g/mol. The third kappa shape index (κ3) is 20.5. The Labute approximate surface area is 476 Å². The first-order valence-corrected chi connectivity index (χ1v) is 30.1. The Morgan fingerprint density at radius 2 is 1.24 bits per heavy atom. The van der Waals surface area contributed by atoms with E-state index in [9.17, 15) is 24.4 Å². The zero-order valence-corrected chi connectivity index (χ0v) is 49.5. The highest BCUT2D eigenvalue weighted by Crippen LogP contribution is 2.51. The van der Waals surface area contributed by atoms with Crippen LogP contribution in [0, 0.1) is 11.3 Å². The van der Waals surface area contributed by atoms with Crippen molar-refractivity contribution in [2.24, 2.45) is 0 Å². The standard InChI is InChI=1S/C62H90N5O12P/c1-47(2)67(48(3)4)80(77-45-27-41-63)79-58-54(46-76-62(49-28-21-20-22-29-49,50-32-36-52(72-5)37-33-50)51-34-38-53(73-6)39-35-51)78-60(66-43-40-56(69)65-61(66)71)59(58)75-44-26-19-18-25-42-64-55(68)30-23-16-14-12-10-8-9-11-13-15-17-24-31-57(70)74-7/h20-22,28-29,32-40,43,47-48,54,58-60H,8-19,23-27,30-31,42,44-46H2,1-7H3,(H,64,68)(H,65,69,71)/t54-,58?,59+,60-,80?/m1/s1. The molecule has 440 valence electrons. The maximum atomic E-state index is 13.7. The number of ether oxygens (including phenoxy) is 6. The number of aromatic amines is 1. The molecule has 1 aromatic heterocycles. The quantitative estimate of drug-likeness (QED) is 0.0184. The van der Waals surface area contributed by atoms with Gasteiger partial charge in [0.25, 0.3) is 14.1 Å². The molecule has 2 unspecified atom stereocenters. The number of rotatable bonds is 40. The van der Waals surface area contributed by atoms with Gasteiger partial charge in [0.2, 0.25) is 5.91 Å². The first-order chi connectivity index (χ1) is 38.9. The number of methoxy groups -OCH3 is 3. The van der Waals surface area contributed by atoms with Gasteiger partial charge in [0, 0.05) is 50.3 Å². The number of nitrogens with zero attached hydrogens (tertiary/aromatic N) is 3. The number of esters is 1. The number of carbonyl (C=O) groups is 2. The number of aromatic nitrogens is 2. The maximum absolute atomic E-state index is 13.7. The molecule has 0 spiro atoms. The molecular weight excluding hydrogens is 1040 g/mol. The van der Waals surface area contributed by atoms with Gasteiger partial charge in [-0.15, -0.1) is 0 Å². The molecule has 2 N–H and O–H groups in total. The smallest absolute Gasteiger partial charge is 0.330 e. The van der Waals surface area contributed by atoms with Crippen molar-refractivity contribution in [2.45, 2.75) is 192 Å². The summed E-state index contributed by atoms with van der Waals surface area (Å²) in [5.74, 6) is 1.32. The summed E-state index contributed by atoms with van der Waals surface area (Å²) in [5, 5.41) is 12.7. The molecule has 5 rings (SSSR count). The van der Waals surface area contributed by atoms with E-state index in [-0.39, 0.29) is 43.6 Å². The van der Waals surface area contributed by atoms with Crippen LogP contribution >= 0.6 is 8.53 Å². The average Bonchev–Trinajstić information content (AvgIpc) is 3.96. The second-order valence-electron chi connectivity index (χ2n) is 20.9. The minimum absolute atomic E-state index is 0.0250. The van der Waals surface area contributed by atoms with Crippen molar-refractivity contribution >= 4 is 20.4 Å². The lowest BCUT2D eigenvalue weighted by Crippen LogP contribution is -2.43. The van der Waals surface area contributed by atoms with Gasteiger partial charge in [-0.3, -0.25) is 23.9 Å².